The van der Waals surface area contributed by atoms with Gasteiger partial charge in [-0.15, -0.1) is 0 Å². The van der Waals surface area contributed by atoms with E-state index in [9.17, 15) is 13.5 Å². The Kier molecular flexibility index (Phi) is 12.0. The number of ether oxygens (including phenoxy) is 1. The number of halogens is 2. The van der Waals surface area contributed by atoms with E-state index >= 15 is 0 Å². The molecular weight excluding hydrogens is 422 g/mol. The van der Waals surface area contributed by atoms with Gasteiger partial charge in [0.15, 0.2) is 0 Å². The van der Waals surface area contributed by atoms with E-state index < -0.39 is 14.0 Å². The van der Waals surface area contributed by atoms with E-state index in [2.05, 4.69) is 10.3 Å². The molecule has 2 aromatic rings. The number of hydrogen-bond donors (Lipinski definition) is 3. The van der Waals surface area contributed by atoms with Crippen molar-refractivity contribution in [2.24, 2.45) is 5.73 Å². The van der Waals surface area contributed by atoms with Crippen molar-refractivity contribution in [3.63, 3.8) is 0 Å². The van der Waals surface area contributed by atoms with Gasteiger partial charge in [-0.1, -0.05) is 13.3 Å². The van der Waals surface area contributed by atoms with Gasteiger partial charge < -0.3 is 15.6 Å². The fourth-order valence-corrected chi connectivity index (χ4v) is 3.13. The van der Waals surface area contributed by atoms with E-state index in [0.717, 1.165) is 29.7 Å². The third-order valence-electron chi connectivity index (χ3n) is 3.89. The second-order valence-corrected chi connectivity index (χ2v) is 8.45. The van der Waals surface area contributed by atoms with Gasteiger partial charge in [-0.3, -0.25) is 10.3 Å². The predicted octanol–water partition coefficient (Wildman–Crippen LogP) is 4.58. The minimum absolute atomic E-state index is 0. The summed E-state index contributed by atoms with van der Waals surface area (Å²) < 4.78 is 29.6. The van der Waals surface area contributed by atoms with Gasteiger partial charge in [0.05, 0.1) is 5.69 Å². The van der Waals surface area contributed by atoms with Crippen molar-refractivity contribution in [2.75, 3.05) is 5.94 Å². The summed E-state index contributed by atoms with van der Waals surface area (Å²) in [5.74, 6) is 0.467. The molecule has 0 aliphatic heterocycles. The summed E-state index contributed by atoms with van der Waals surface area (Å²) >= 11 is 0.502. The van der Waals surface area contributed by atoms with E-state index in [1.807, 2.05) is 31.2 Å². The van der Waals surface area contributed by atoms with Crippen LogP contribution in [0.3, 0.4) is 0 Å². The van der Waals surface area contributed by atoms with Gasteiger partial charge >= 0.3 is 7.74 Å². The van der Waals surface area contributed by atoms with Crippen LogP contribution in [0.2, 0.25) is 0 Å². The molecule has 10 heteroatoms. The molecular formula is C18H27F2N3O2P2S. The molecule has 5 nitrogen and oxygen atoms in total. The largest absolute Gasteiger partial charge is 0.482 e. The highest BCUT2D eigenvalue weighted by atomic mass is 32.7. The van der Waals surface area contributed by atoms with Crippen LogP contribution in [-0.4, -0.2) is 28.3 Å². The summed E-state index contributed by atoms with van der Waals surface area (Å²) in [5, 5.41) is 13.0. The van der Waals surface area contributed by atoms with Gasteiger partial charge in [0, 0.05) is 24.3 Å². The van der Waals surface area contributed by atoms with Crippen molar-refractivity contribution in [1.82, 2.24) is 10.3 Å². The van der Waals surface area contributed by atoms with Crippen LogP contribution < -0.4 is 15.8 Å². The van der Waals surface area contributed by atoms with Gasteiger partial charge in [-0.05, 0) is 59.8 Å². The van der Waals surface area contributed by atoms with Crippen LogP contribution in [0.4, 0.5) is 8.39 Å². The van der Waals surface area contributed by atoms with Gasteiger partial charge in [0.2, 0.25) is 0 Å². The van der Waals surface area contributed by atoms with Gasteiger partial charge in [-0.25, -0.2) is 0 Å². The molecule has 0 radical (unpaired) electrons. The lowest BCUT2D eigenvalue weighted by molar-refractivity contribution is 0.103. The van der Waals surface area contributed by atoms with Crippen LogP contribution in [0, 0.1) is 0 Å². The molecule has 0 fully saturated rings. The number of nitrogens with two attached hydrogens (primary N) is 1. The molecule has 1 heterocycles. The SMILES string of the molecule is CCCC(N)C(O)NCc1ccnc(-c2ccc(OCSP(F)F)cc2)c1.P. The molecule has 1 aromatic carbocycles. The highest BCUT2D eigenvalue weighted by molar-refractivity contribution is 8.52. The van der Waals surface area contributed by atoms with E-state index in [1.165, 1.54) is 0 Å². The summed E-state index contributed by atoms with van der Waals surface area (Å²) in [6, 6.07) is 10.6. The van der Waals surface area contributed by atoms with Crippen molar-refractivity contribution >= 4 is 29.0 Å². The molecule has 1 aromatic heterocycles. The predicted molar refractivity (Wildman–Crippen MR) is 119 cm³/mol. The first kappa shape index (κ1) is 25.2. The maximum Gasteiger partial charge on any atom is 0.330 e. The second-order valence-electron chi connectivity index (χ2n) is 5.95. The lowest BCUT2D eigenvalue weighted by Crippen LogP contribution is -2.44. The van der Waals surface area contributed by atoms with Crippen LogP contribution in [0.25, 0.3) is 11.3 Å². The van der Waals surface area contributed by atoms with E-state index in [1.54, 1.807) is 18.3 Å². The zero-order valence-electron chi connectivity index (χ0n) is 15.7. The molecule has 0 aliphatic rings. The average molecular weight is 449 g/mol. The molecule has 28 heavy (non-hydrogen) atoms. The Morgan fingerprint density at radius 1 is 1.29 bits per heavy atom. The zero-order valence-corrected chi connectivity index (χ0v) is 18.8. The molecule has 0 aliphatic carbocycles. The maximum absolute atomic E-state index is 12.2. The smallest absolute Gasteiger partial charge is 0.330 e. The van der Waals surface area contributed by atoms with Crippen LogP contribution in [0.15, 0.2) is 42.6 Å². The molecule has 0 amide bonds. The Morgan fingerprint density at radius 2 is 2.00 bits per heavy atom. The van der Waals surface area contributed by atoms with Crippen LogP contribution in [0.5, 0.6) is 5.75 Å². The van der Waals surface area contributed by atoms with Crippen LogP contribution in [0.1, 0.15) is 25.3 Å². The number of hydrogen-bond acceptors (Lipinski definition) is 6. The summed E-state index contributed by atoms with van der Waals surface area (Å²) in [6.07, 6.45) is 2.61. The van der Waals surface area contributed by atoms with Gasteiger partial charge in [0.1, 0.15) is 17.9 Å². The molecule has 3 atom stereocenters. The molecule has 0 saturated carbocycles. The van der Waals surface area contributed by atoms with Crippen molar-refractivity contribution in [2.45, 2.75) is 38.6 Å². The Morgan fingerprint density at radius 3 is 2.64 bits per heavy atom. The zero-order chi connectivity index (χ0) is 19.6. The third-order valence-corrected chi connectivity index (χ3v) is 5.21. The van der Waals surface area contributed by atoms with Crippen molar-refractivity contribution < 1.29 is 18.2 Å². The number of aliphatic hydroxyl groups is 1. The number of rotatable bonds is 11. The third kappa shape index (κ3) is 8.64. The first-order chi connectivity index (χ1) is 13.0. The lowest BCUT2D eigenvalue weighted by Gasteiger charge is -2.19. The maximum atomic E-state index is 12.2. The van der Waals surface area contributed by atoms with E-state index in [-0.39, 0.29) is 21.9 Å². The second kappa shape index (κ2) is 13.4. The number of aromatic nitrogens is 1. The summed E-state index contributed by atoms with van der Waals surface area (Å²) in [5.41, 5.74) is 8.53. The van der Waals surface area contributed by atoms with Crippen molar-refractivity contribution in [1.29, 1.82) is 0 Å². The molecule has 3 unspecified atom stereocenters. The average Bonchev–Trinajstić information content (AvgIpc) is 2.67. The monoisotopic (exact) mass is 449 g/mol. The number of pyridine rings is 1. The van der Waals surface area contributed by atoms with Crippen LogP contribution >= 0.6 is 29.0 Å². The first-order valence-electron chi connectivity index (χ1n) is 8.59. The standard InChI is InChI=1S/C18H24F2N3O2PS.H3P/c1-2-3-16(21)18(24)23-11-13-8-9-22-17(10-13)14-4-6-15(7-5-14)25-12-27-26(19)20;/h4-10,16,18,23-24H,2-3,11-12,21H2,1H3;1H3. The van der Waals surface area contributed by atoms with Gasteiger partial charge in [0.25, 0.3) is 0 Å². The Bertz CT molecular complexity index is 699. The molecule has 0 bridgehead atoms. The summed E-state index contributed by atoms with van der Waals surface area (Å²) in [6.45, 7) is 2.50. The Labute approximate surface area is 173 Å². The normalized spacial score (nSPS) is 13.1. The number of nitrogens with zero attached hydrogens (tertiary/aromatic N) is 1. The van der Waals surface area contributed by atoms with Crippen LogP contribution in [-0.2, 0) is 6.54 Å². The molecule has 4 N–H and O–H groups in total. The highest BCUT2D eigenvalue weighted by Gasteiger charge is 2.13. The number of aliphatic hydroxyl groups excluding tert-OH is 1. The molecule has 0 spiro atoms. The summed E-state index contributed by atoms with van der Waals surface area (Å²) in [7, 11) is -3.01. The first-order valence-corrected chi connectivity index (χ1v) is 11.3. The quantitative estimate of drug-likeness (QED) is 0.344. The number of benzene rings is 1. The fraction of sp³-hybridized carbons (Fsp3) is 0.389. The molecule has 0 saturated heterocycles. The number of nitrogens with one attached hydrogen (secondary N) is 1. The Balaban J connectivity index is 0.00000392. The van der Waals surface area contributed by atoms with E-state index in [0.29, 0.717) is 23.7 Å². The van der Waals surface area contributed by atoms with Crippen molar-refractivity contribution in [3.05, 3.63) is 48.2 Å². The van der Waals surface area contributed by atoms with E-state index in [4.69, 9.17) is 10.5 Å². The van der Waals surface area contributed by atoms with Crippen molar-refractivity contribution in [3.8, 4) is 17.0 Å². The molecule has 2 rings (SSSR count). The topological polar surface area (TPSA) is 80.4 Å². The minimum Gasteiger partial charge on any atom is -0.482 e. The Hall–Kier alpha value is -0.880. The summed E-state index contributed by atoms with van der Waals surface area (Å²) in [4.78, 5) is 4.36. The lowest BCUT2D eigenvalue weighted by atomic mass is 10.1. The highest BCUT2D eigenvalue weighted by Crippen LogP contribution is 2.52. The molecule has 156 valence electrons. The fourth-order valence-electron chi connectivity index (χ4n) is 2.46. The minimum atomic E-state index is -3.01. The van der Waals surface area contributed by atoms with Gasteiger partial charge in [-0.2, -0.15) is 18.3 Å².